The molecule has 5 aromatic rings. The van der Waals surface area contributed by atoms with Crippen molar-refractivity contribution in [3.63, 3.8) is 0 Å². The van der Waals surface area contributed by atoms with Crippen LogP contribution >= 0.6 is 22.9 Å². The zero-order valence-electron chi connectivity index (χ0n) is 21.6. The van der Waals surface area contributed by atoms with Crippen LogP contribution in [-0.4, -0.2) is 45.5 Å². The number of anilines is 1. The Morgan fingerprint density at radius 1 is 1.12 bits per heavy atom. The number of nitrogens with one attached hydrogen (secondary N) is 1. The predicted octanol–water partition coefficient (Wildman–Crippen LogP) is 6.60. The first kappa shape index (κ1) is 27.5. The normalized spacial score (nSPS) is 12.8. The van der Waals surface area contributed by atoms with Crippen molar-refractivity contribution in [1.29, 1.82) is 0 Å². The Bertz CT molecular complexity index is 1720. The molecular weight excluding hydrogens is 559 g/mol. The number of pyridine rings is 2. The molecule has 3 aromatic heterocycles. The van der Waals surface area contributed by atoms with Crippen LogP contribution in [0.1, 0.15) is 19.4 Å². The molecule has 1 amide bonds. The molecule has 0 aliphatic carbocycles. The minimum absolute atomic E-state index is 0.00437. The number of carbonyl (C=O) groups is 1. The van der Waals surface area contributed by atoms with Gasteiger partial charge < -0.3 is 19.3 Å². The Kier molecular flexibility index (Phi) is 7.97. The van der Waals surface area contributed by atoms with Gasteiger partial charge >= 0.3 is 6.09 Å². The number of fused-ring (bicyclic) bond motifs is 2. The molecule has 0 aliphatic rings. The van der Waals surface area contributed by atoms with Gasteiger partial charge in [-0.1, -0.05) is 11.6 Å². The lowest BCUT2D eigenvalue weighted by molar-refractivity contribution is 0.0402. The van der Waals surface area contributed by atoms with Gasteiger partial charge in [-0.05, 0) is 43.7 Å². The number of aliphatic hydroxyl groups is 1. The third-order valence-corrected chi connectivity index (χ3v) is 7.39. The Hall–Kier alpha value is -4.06. The molecular formula is C28H24ClFN4O5S. The Labute approximate surface area is 237 Å². The molecule has 0 fully saturated rings. The van der Waals surface area contributed by atoms with Crippen LogP contribution in [0.4, 0.5) is 14.9 Å². The Morgan fingerprint density at radius 3 is 2.73 bits per heavy atom. The minimum atomic E-state index is -0.733. The van der Waals surface area contributed by atoms with Crippen molar-refractivity contribution in [2.45, 2.75) is 32.7 Å². The molecule has 0 bridgehead atoms. The van der Waals surface area contributed by atoms with Crippen molar-refractivity contribution in [3.8, 4) is 22.1 Å². The quantitative estimate of drug-likeness (QED) is 0.210. The van der Waals surface area contributed by atoms with E-state index in [0.717, 1.165) is 10.9 Å². The van der Waals surface area contributed by atoms with E-state index in [1.807, 2.05) is 6.07 Å². The highest BCUT2D eigenvalue weighted by atomic mass is 35.5. The van der Waals surface area contributed by atoms with Crippen molar-refractivity contribution in [2.24, 2.45) is 0 Å². The lowest BCUT2D eigenvalue weighted by Gasteiger charge is -2.22. The van der Waals surface area contributed by atoms with Gasteiger partial charge in [-0.3, -0.25) is 15.3 Å². The van der Waals surface area contributed by atoms with Gasteiger partial charge in [-0.15, -0.1) is 11.3 Å². The number of ether oxygens (including phenoxy) is 3. The number of rotatable bonds is 8. The molecule has 12 heteroatoms. The van der Waals surface area contributed by atoms with Gasteiger partial charge in [0.15, 0.2) is 11.6 Å². The summed E-state index contributed by atoms with van der Waals surface area (Å²) in [6.45, 7) is 3.10. The van der Waals surface area contributed by atoms with E-state index in [4.69, 9.17) is 25.8 Å². The Morgan fingerprint density at radius 2 is 1.95 bits per heavy atom. The van der Waals surface area contributed by atoms with Crippen LogP contribution in [0.5, 0.6) is 11.5 Å². The van der Waals surface area contributed by atoms with E-state index in [1.165, 1.54) is 29.8 Å². The zero-order valence-corrected chi connectivity index (χ0v) is 23.2. The van der Waals surface area contributed by atoms with Crippen LogP contribution in [-0.2, 0) is 11.3 Å². The first-order valence-corrected chi connectivity index (χ1v) is 13.4. The number of hydrogen-bond donors (Lipinski definition) is 2. The molecule has 2 atom stereocenters. The first-order valence-electron chi connectivity index (χ1n) is 12.2. The second kappa shape index (κ2) is 11.6. The summed E-state index contributed by atoms with van der Waals surface area (Å²) in [5.74, 6) is 0.00914. The van der Waals surface area contributed by atoms with Gasteiger partial charge in [0, 0.05) is 34.3 Å². The number of amides is 1. The summed E-state index contributed by atoms with van der Waals surface area (Å²) >= 11 is 7.73. The largest absolute Gasteiger partial charge is 0.495 e. The lowest BCUT2D eigenvalue weighted by atomic mass is 10.1. The number of aliphatic hydroxyl groups excluding tert-OH is 1. The van der Waals surface area contributed by atoms with Gasteiger partial charge in [-0.2, -0.15) is 0 Å². The van der Waals surface area contributed by atoms with E-state index in [1.54, 1.807) is 51.4 Å². The summed E-state index contributed by atoms with van der Waals surface area (Å²) < 4.78 is 32.2. The van der Waals surface area contributed by atoms with Crippen LogP contribution in [0.3, 0.4) is 0 Å². The average molecular weight is 583 g/mol. The third kappa shape index (κ3) is 5.91. The standard InChI is InChI=1S/C28H24ClFN4O5S/c1-14(15(2)39-28(36)33-19-4-16(13-35)10-31-11-19)38-24-9-25-23(8-22(24)30)34-27(40-25)21-7-18(29)5-17-6-20(37-3)12-32-26(17)21/h4-12,14-15,35H,13H2,1-3H3,(H,33,36)/t14-,15+/m0/s1. The second-order valence-electron chi connectivity index (χ2n) is 8.97. The summed E-state index contributed by atoms with van der Waals surface area (Å²) in [5, 5.41) is 13.7. The van der Waals surface area contributed by atoms with Crippen molar-refractivity contribution >= 4 is 55.8 Å². The molecule has 2 N–H and O–H groups in total. The van der Waals surface area contributed by atoms with Gasteiger partial charge in [-0.25, -0.2) is 14.2 Å². The number of aromatic nitrogens is 3. The summed E-state index contributed by atoms with van der Waals surface area (Å²) in [7, 11) is 1.56. The van der Waals surface area contributed by atoms with Crippen LogP contribution in [0.15, 0.2) is 55.0 Å². The summed E-state index contributed by atoms with van der Waals surface area (Å²) in [5.41, 5.74) is 2.78. The van der Waals surface area contributed by atoms with Crippen molar-refractivity contribution in [3.05, 3.63) is 71.4 Å². The molecule has 40 heavy (non-hydrogen) atoms. The molecule has 0 spiro atoms. The second-order valence-corrected chi connectivity index (χ2v) is 10.4. The molecule has 0 saturated heterocycles. The number of halogens is 2. The van der Waals surface area contributed by atoms with E-state index in [-0.39, 0.29) is 12.4 Å². The van der Waals surface area contributed by atoms with Gasteiger partial charge in [0.1, 0.15) is 23.0 Å². The maximum atomic E-state index is 15.0. The molecule has 0 saturated carbocycles. The highest BCUT2D eigenvalue weighted by Crippen LogP contribution is 2.38. The predicted molar refractivity (Wildman–Crippen MR) is 152 cm³/mol. The van der Waals surface area contributed by atoms with Crippen LogP contribution in [0.25, 0.3) is 31.7 Å². The number of hydrogen-bond acceptors (Lipinski definition) is 9. The smallest absolute Gasteiger partial charge is 0.412 e. The minimum Gasteiger partial charge on any atom is -0.495 e. The summed E-state index contributed by atoms with van der Waals surface area (Å²) in [6.07, 6.45) is 2.40. The fraction of sp³-hybridized carbons (Fsp3) is 0.214. The maximum Gasteiger partial charge on any atom is 0.412 e. The SMILES string of the molecule is COc1cnc2c(-c3nc4cc(F)c(O[C@@H](C)[C@@H](C)OC(=O)Nc5cncc(CO)c5)cc4s3)cc(Cl)cc2c1. The van der Waals surface area contributed by atoms with Crippen molar-refractivity contribution in [1.82, 2.24) is 15.0 Å². The molecule has 206 valence electrons. The molecule has 3 heterocycles. The molecule has 2 aromatic carbocycles. The van der Waals surface area contributed by atoms with Crippen LogP contribution < -0.4 is 14.8 Å². The zero-order chi connectivity index (χ0) is 28.4. The van der Waals surface area contributed by atoms with E-state index in [9.17, 15) is 9.90 Å². The number of thiazole rings is 1. The summed E-state index contributed by atoms with van der Waals surface area (Å²) in [4.78, 5) is 25.4. The Balaban J connectivity index is 1.33. The highest BCUT2D eigenvalue weighted by molar-refractivity contribution is 7.21. The number of methoxy groups -OCH3 is 1. The van der Waals surface area contributed by atoms with Crippen LogP contribution in [0, 0.1) is 5.82 Å². The van der Waals surface area contributed by atoms with Crippen LogP contribution in [0.2, 0.25) is 5.02 Å². The van der Waals surface area contributed by atoms with E-state index in [2.05, 4.69) is 20.3 Å². The number of carbonyl (C=O) groups excluding carboxylic acids is 1. The lowest BCUT2D eigenvalue weighted by Crippen LogP contribution is -2.32. The maximum absolute atomic E-state index is 15.0. The number of nitrogens with zero attached hydrogens (tertiary/aromatic N) is 3. The molecule has 0 unspecified atom stereocenters. The monoisotopic (exact) mass is 582 g/mol. The highest BCUT2D eigenvalue weighted by Gasteiger charge is 2.22. The topological polar surface area (TPSA) is 116 Å². The molecule has 0 radical (unpaired) electrons. The van der Waals surface area contributed by atoms with Crippen molar-refractivity contribution < 1.29 is 28.5 Å². The van der Waals surface area contributed by atoms with Gasteiger partial charge in [0.2, 0.25) is 0 Å². The van der Waals surface area contributed by atoms with E-state index < -0.39 is 24.1 Å². The summed E-state index contributed by atoms with van der Waals surface area (Å²) in [6, 6.07) is 9.86. The fourth-order valence-corrected chi connectivity index (χ4v) is 5.17. The molecule has 5 rings (SSSR count). The molecule has 9 nitrogen and oxygen atoms in total. The van der Waals surface area contributed by atoms with E-state index in [0.29, 0.717) is 42.8 Å². The van der Waals surface area contributed by atoms with Gasteiger partial charge in [0.25, 0.3) is 0 Å². The fourth-order valence-electron chi connectivity index (χ4n) is 3.95. The molecule has 0 aliphatic heterocycles. The van der Waals surface area contributed by atoms with Gasteiger partial charge in [0.05, 0.1) is 47.5 Å². The first-order chi connectivity index (χ1) is 19.2. The average Bonchev–Trinajstić information content (AvgIpc) is 3.34. The van der Waals surface area contributed by atoms with Crippen molar-refractivity contribution in [2.75, 3.05) is 12.4 Å². The van der Waals surface area contributed by atoms with E-state index >= 15 is 4.39 Å². The third-order valence-electron chi connectivity index (χ3n) is 6.12. The number of benzene rings is 2.